The Morgan fingerprint density at radius 2 is 1.60 bits per heavy atom. The maximum Gasteiger partial charge on any atom is 0.408 e. The molecule has 0 aliphatic heterocycles. The number of nitrogens with zero attached hydrogens (tertiary/aromatic N) is 2. The van der Waals surface area contributed by atoms with Crippen molar-refractivity contribution in [2.75, 3.05) is 7.11 Å². The van der Waals surface area contributed by atoms with E-state index in [-0.39, 0.29) is 24.3 Å². The summed E-state index contributed by atoms with van der Waals surface area (Å²) in [4.78, 5) is 52.1. The zero-order chi connectivity index (χ0) is 35.0. The summed E-state index contributed by atoms with van der Waals surface area (Å²) in [6, 6.07) is 20.4. The first-order valence-corrected chi connectivity index (χ1v) is 15.0. The zero-order valence-electron chi connectivity index (χ0n) is 27.1. The first-order valence-electron chi connectivity index (χ1n) is 15.0. The summed E-state index contributed by atoms with van der Waals surface area (Å²) in [6.07, 6.45) is 1.06. The molecule has 2 atom stereocenters. The number of alkyl carbamates (subject to hydrolysis) is 1. The number of fused-ring (bicyclic) bond motifs is 1. The molecule has 0 unspecified atom stereocenters. The second-order valence-electron chi connectivity index (χ2n) is 12.0. The number of carbonyl (C=O) groups excluding carboxylic acids is 4. The third-order valence-electron chi connectivity index (χ3n) is 7.22. The molecule has 0 saturated carbocycles. The van der Waals surface area contributed by atoms with E-state index in [1.54, 1.807) is 45.0 Å². The topological polar surface area (TPSA) is 172 Å². The van der Waals surface area contributed by atoms with Crippen LogP contribution in [0.4, 0.5) is 4.79 Å². The second-order valence-corrected chi connectivity index (χ2v) is 12.0. The van der Waals surface area contributed by atoms with Crippen LogP contribution >= 0.6 is 0 Å². The average Bonchev–Trinajstić information content (AvgIpc) is 3.42. The number of phenols is 1. The van der Waals surface area contributed by atoms with Crippen LogP contribution in [0.3, 0.4) is 0 Å². The van der Waals surface area contributed by atoms with Gasteiger partial charge in [-0.2, -0.15) is 5.26 Å². The highest BCUT2D eigenvalue weighted by Crippen LogP contribution is 2.26. The van der Waals surface area contributed by atoms with E-state index in [1.165, 1.54) is 19.2 Å². The molecular weight excluding hydrogens is 614 g/mol. The van der Waals surface area contributed by atoms with Crippen LogP contribution in [0.1, 0.15) is 37.5 Å². The Bertz CT molecular complexity index is 1870. The minimum absolute atomic E-state index is 0.00933. The molecule has 0 aliphatic carbocycles. The van der Waals surface area contributed by atoms with Gasteiger partial charge in [-0.25, -0.2) is 9.59 Å². The lowest BCUT2D eigenvalue weighted by molar-refractivity contribution is -0.144. The van der Waals surface area contributed by atoms with E-state index in [2.05, 4.69) is 28.6 Å². The minimum atomic E-state index is -1.21. The van der Waals surface area contributed by atoms with Crippen molar-refractivity contribution in [2.24, 2.45) is 0 Å². The van der Waals surface area contributed by atoms with Crippen molar-refractivity contribution in [3.63, 3.8) is 0 Å². The lowest BCUT2D eigenvalue weighted by atomic mass is 10.0. The molecule has 3 aromatic carbocycles. The van der Waals surface area contributed by atoms with Gasteiger partial charge >= 0.3 is 12.1 Å². The molecule has 4 rings (SSSR count). The molecule has 1 aromatic heterocycles. The Morgan fingerprint density at radius 3 is 2.23 bits per heavy atom. The lowest BCUT2D eigenvalue weighted by Gasteiger charge is -2.24. The van der Waals surface area contributed by atoms with Crippen molar-refractivity contribution in [3.8, 4) is 17.5 Å². The van der Waals surface area contributed by atoms with Gasteiger partial charge in [-0.3, -0.25) is 9.59 Å². The number of aromatic nitrogens is 1. The fraction of sp³-hybridized carbons (Fsp3) is 0.250. The van der Waals surface area contributed by atoms with Crippen LogP contribution < -0.4 is 16.0 Å². The third kappa shape index (κ3) is 9.01. The molecular formula is C36H37N5O7. The SMILES string of the molecule is C=C(NC(=O)[C@H](Cc1cn(-c2ccc(C#N)cc2)c2ccccc12)NC(=O)OC(C)(C)C)C(=O)N[C@@H](Cc1ccc(O)cc1)C(=O)OC. The van der Waals surface area contributed by atoms with Gasteiger partial charge in [0.15, 0.2) is 0 Å². The Labute approximate surface area is 278 Å². The molecule has 4 aromatic rings. The molecule has 0 bridgehead atoms. The van der Waals surface area contributed by atoms with Gasteiger partial charge in [0.2, 0.25) is 5.91 Å². The zero-order valence-corrected chi connectivity index (χ0v) is 27.1. The molecule has 0 spiro atoms. The summed E-state index contributed by atoms with van der Waals surface area (Å²) >= 11 is 0. The summed E-state index contributed by atoms with van der Waals surface area (Å²) in [5, 5.41) is 27.2. The molecule has 0 aliphatic rings. The monoisotopic (exact) mass is 651 g/mol. The van der Waals surface area contributed by atoms with E-state index in [1.807, 2.05) is 47.2 Å². The van der Waals surface area contributed by atoms with Gasteiger partial charge in [-0.1, -0.05) is 36.9 Å². The normalized spacial score (nSPS) is 12.2. The van der Waals surface area contributed by atoms with E-state index in [0.29, 0.717) is 16.7 Å². The number of benzene rings is 3. The molecule has 0 radical (unpaired) electrons. The number of nitrogens with one attached hydrogen (secondary N) is 3. The third-order valence-corrected chi connectivity index (χ3v) is 7.22. The number of para-hydroxylation sites is 1. The molecule has 12 nitrogen and oxygen atoms in total. The van der Waals surface area contributed by atoms with Gasteiger partial charge < -0.3 is 35.1 Å². The van der Waals surface area contributed by atoms with Crippen molar-refractivity contribution in [1.29, 1.82) is 5.26 Å². The Kier molecular flexibility index (Phi) is 10.9. The van der Waals surface area contributed by atoms with Gasteiger partial charge in [-0.15, -0.1) is 0 Å². The number of carbonyl (C=O) groups is 4. The van der Waals surface area contributed by atoms with Crippen molar-refractivity contribution >= 4 is 34.8 Å². The highest BCUT2D eigenvalue weighted by Gasteiger charge is 2.29. The van der Waals surface area contributed by atoms with Crippen LogP contribution in [0.15, 0.2) is 91.3 Å². The number of rotatable bonds is 11. The number of methoxy groups -OCH3 is 1. The van der Waals surface area contributed by atoms with E-state index >= 15 is 0 Å². The van der Waals surface area contributed by atoms with Crippen LogP contribution in [0.25, 0.3) is 16.6 Å². The van der Waals surface area contributed by atoms with Crippen molar-refractivity contribution in [1.82, 2.24) is 20.5 Å². The summed E-state index contributed by atoms with van der Waals surface area (Å²) in [5.41, 5.74) is 2.27. The summed E-state index contributed by atoms with van der Waals surface area (Å²) < 4.78 is 12.2. The number of hydrogen-bond acceptors (Lipinski definition) is 8. The first kappa shape index (κ1) is 34.8. The number of nitriles is 1. The molecule has 4 N–H and O–H groups in total. The van der Waals surface area contributed by atoms with Crippen LogP contribution in [-0.2, 0) is 36.7 Å². The largest absolute Gasteiger partial charge is 0.508 e. The van der Waals surface area contributed by atoms with Crippen LogP contribution in [0, 0.1) is 11.3 Å². The molecule has 48 heavy (non-hydrogen) atoms. The van der Waals surface area contributed by atoms with Crippen LogP contribution in [-0.4, -0.2) is 58.3 Å². The van der Waals surface area contributed by atoms with E-state index in [0.717, 1.165) is 16.6 Å². The average molecular weight is 652 g/mol. The standard InChI is InChI=1S/C36H37N5O7/c1-22(32(43)39-30(34(45)47-5)18-23-12-16-27(42)17-13-23)38-33(44)29(40-35(46)48-36(2,3)4)19-25-21-41(31-9-7-6-8-28(25)31)26-14-10-24(20-37)11-15-26/h6-17,21,29-30,42H,1,18-19H2,2-5H3,(H,38,44)(H,39,43)(H,40,46)/t29-,30-/m0/s1. The van der Waals surface area contributed by atoms with Gasteiger partial charge in [0.25, 0.3) is 5.91 Å². The number of esters is 1. The minimum Gasteiger partial charge on any atom is -0.508 e. The molecule has 248 valence electrons. The maximum absolute atomic E-state index is 13.7. The first-order chi connectivity index (χ1) is 22.8. The highest BCUT2D eigenvalue weighted by molar-refractivity contribution is 6.00. The van der Waals surface area contributed by atoms with E-state index < -0.39 is 41.6 Å². The lowest BCUT2D eigenvalue weighted by Crippen LogP contribution is -2.51. The Balaban J connectivity index is 1.57. The Hall–Kier alpha value is -6.09. The number of ether oxygens (including phenoxy) is 2. The highest BCUT2D eigenvalue weighted by atomic mass is 16.6. The number of hydrogen-bond donors (Lipinski definition) is 4. The maximum atomic E-state index is 13.7. The molecule has 0 fully saturated rings. The van der Waals surface area contributed by atoms with E-state index in [9.17, 15) is 29.5 Å². The van der Waals surface area contributed by atoms with Crippen molar-refractivity contribution < 1.29 is 33.8 Å². The van der Waals surface area contributed by atoms with Crippen LogP contribution in [0.2, 0.25) is 0 Å². The fourth-order valence-corrected chi connectivity index (χ4v) is 4.94. The quantitative estimate of drug-likeness (QED) is 0.138. The number of aromatic hydroxyl groups is 1. The predicted molar refractivity (Wildman–Crippen MR) is 178 cm³/mol. The molecule has 1 heterocycles. The van der Waals surface area contributed by atoms with Crippen molar-refractivity contribution in [3.05, 3.63) is 108 Å². The Morgan fingerprint density at radius 1 is 0.938 bits per heavy atom. The molecule has 3 amide bonds. The number of phenolic OH excluding ortho intramolecular Hbond substituents is 1. The van der Waals surface area contributed by atoms with Crippen molar-refractivity contribution in [2.45, 2.75) is 51.3 Å². The van der Waals surface area contributed by atoms with Gasteiger partial charge in [-0.05, 0) is 74.4 Å². The second kappa shape index (κ2) is 15.0. The molecule has 0 saturated heterocycles. The smallest absolute Gasteiger partial charge is 0.408 e. The predicted octanol–water partition coefficient (Wildman–Crippen LogP) is 4.17. The fourth-order valence-electron chi connectivity index (χ4n) is 4.94. The van der Waals surface area contributed by atoms with E-state index in [4.69, 9.17) is 9.47 Å². The number of amides is 3. The summed E-state index contributed by atoms with van der Waals surface area (Å²) in [7, 11) is 1.18. The molecule has 12 heteroatoms. The van der Waals surface area contributed by atoms with Crippen LogP contribution in [0.5, 0.6) is 5.75 Å². The summed E-state index contributed by atoms with van der Waals surface area (Å²) in [6.45, 7) is 8.76. The summed E-state index contributed by atoms with van der Waals surface area (Å²) in [5.74, 6) is -2.27. The van der Waals surface area contributed by atoms with Gasteiger partial charge in [0.05, 0.1) is 30.0 Å². The van der Waals surface area contributed by atoms with Gasteiger partial charge in [0, 0.05) is 30.1 Å². The van der Waals surface area contributed by atoms with Gasteiger partial charge in [0.1, 0.15) is 23.4 Å².